The molecule has 8 nitrogen and oxygen atoms in total. The number of benzene rings is 2. The second-order valence-electron chi connectivity index (χ2n) is 7.74. The van der Waals surface area contributed by atoms with Gasteiger partial charge in [-0.2, -0.15) is 0 Å². The molecule has 0 atom stereocenters. The van der Waals surface area contributed by atoms with Crippen molar-refractivity contribution in [3.05, 3.63) is 82.4 Å². The van der Waals surface area contributed by atoms with Crippen molar-refractivity contribution in [2.24, 2.45) is 0 Å². The van der Waals surface area contributed by atoms with Crippen LogP contribution in [0.3, 0.4) is 0 Å². The number of ether oxygens (including phenoxy) is 1. The number of hydrogen-bond acceptors (Lipinski definition) is 7. The molecule has 180 valence electrons. The molecule has 0 bridgehead atoms. The quantitative estimate of drug-likeness (QED) is 0.333. The van der Waals surface area contributed by atoms with Crippen LogP contribution in [0.1, 0.15) is 38.2 Å². The van der Waals surface area contributed by atoms with Crippen LogP contribution in [-0.2, 0) is 14.8 Å². The van der Waals surface area contributed by atoms with Crippen LogP contribution in [0.25, 0.3) is 10.2 Å². The van der Waals surface area contributed by atoms with Gasteiger partial charge in [0.05, 0.1) is 17.2 Å². The highest BCUT2D eigenvalue weighted by molar-refractivity contribution is 7.92. The maximum Gasteiger partial charge on any atom is 0.350 e. The van der Waals surface area contributed by atoms with E-state index in [4.69, 9.17) is 4.74 Å². The van der Waals surface area contributed by atoms with Crippen LogP contribution in [0, 0.1) is 13.8 Å². The Morgan fingerprint density at radius 2 is 1.77 bits per heavy atom. The largest absolute Gasteiger partial charge is 0.462 e. The molecule has 2 aromatic heterocycles. The fourth-order valence-electron chi connectivity index (χ4n) is 3.62. The number of amides is 1. The predicted octanol–water partition coefficient (Wildman–Crippen LogP) is 5.14. The van der Waals surface area contributed by atoms with Crippen LogP contribution in [0.5, 0.6) is 0 Å². The van der Waals surface area contributed by atoms with E-state index in [0.29, 0.717) is 15.9 Å². The molecule has 0 aliphatic carbocycles. The topological polar surface area (TPSA) is 114 Å². The third-order valence-electron chi connectivity index (χ3n) is 5.12. The summed E-state index contributed by atoms with van der Waals surface area (Å²) in [6, 6.07) is 15.9. The molecule has 0 radical (unpaired) electrons. The van der Waals surface area contributed by atoms with Gasteiger partial charge < -0.3 is 10.1 Å². The van der Waals surface area contributed by atoms with E-state index in [0.717, 1.165) is 22.6 Å². The number of aryl methyl sites for hydroxylation is 2. The summed E-state index contributed by atoms with van der Waals surface area (Å²) in [5.74, 6) is -1.05. The standard InChI is InChI=1S/C25H23N3O5S2/c1-4-33-25(30)22-21(20-15(2)13-16(3)26-24(20)34-22)27-23(29)17-9-8-10-18(14-17)28-35(31,32)19-11-6-5-7-12-19/h5-14,28H,4H2,1-3H3,(H,27,29). The number of nitrogens with one attached hydrogen (secondary N) is 2. The zero-order valence-electron chi connectivity index (χ0n) is 19.3. The summed E-state index contributed by atoms with van der Waals surface area (Å²) in [4.78, 5) is 31.3. The predicted molar refractivity (Wildman–Crippen MR) is 137 cm³/mol. The number of esters is 1. The van der Waals surface area contributed by atoms with E-state index < -0.39 is 21.9 Å². The first kappa shape index (κ1) is 24.4. The van der Waals surface area contributed by atoms with Crippen LogP contribution in [0.15, 0.2) is 65.6 Å². The number of anilines is 2. The summed E-state index contributed by atoms with van der Waals surface area (Å²) in [6.07, 6.45) is 0. The molecular weight excluding hydrogens is 486 g/mol. The SMILES string of the molecule is CCOC(=O)c1sc2nc(C)cc(C)c2c1NC(=O)c1cccc(NS(=O)(=O)c2ccccc2)c1. The number of aromatic nitrogens is 1. The van der Waals surface area contributed by atoms with E-state index in [1.807, 2.05) is 19.9 Å². The van der Waals surface area contributed by atoms with Crippen molar-refractivity contribution >= 4 is 54.8 Å². The Morgan fingerprint density at radius 1 is 1.03 bits per heavy atom. The lowest BCUT2D eigenvalue weighted by Gasteiger charge is -2.11. The lowest BCUT2D eigenvalue weighted by Crippen LogP contribution is -2.16. The first-order chi connectivity index (χ1) is 16.7. The number of pyridine rings is 1. The van der Waals surface area contributed by atoms with Crippen molar-refractivity contribution in [1.29, 1.82) is 0 Å². The number of hydrogen-bond donors (Lipinski definition) is 2. The molecule has 0 aliphatic rings. The molecule has 4 aromatic rings. The minimum absolute atomic E-state index is 0.108. The highest BCUT2D eigenvalue weighted by atomic mass is 32.2. The highest BCUT2D eigenvalue weighted by Gasteiger charge is 2.24. The molecule has 2 heterocycles. The normalized spacial score (nSPS) is 11.3. The zero-order chi connectivity index (χ0) is 25.2. The molecular formula is C25H23N3O5S2. The molecule has 0 unspecified atom stereocenters. The van der Waals surface area contributed by atoms with Crippen molar-refractivity contribution in [3.8, 4) is 0 Å². The number of nitrogens with zero attached hydrogens (tertiary/aromatic N) is 1. The molecule has 0 saturated heterocycles. The zero-order valence-corrected chi connectivity index (χ0v) is 20.9. The summed E-state index contributed by atoms with van der Waals surface area (Å²) >= 11 is 1.15. The van der Waals surface area contributed by atoms with Gasteiger partial charge in [-0.05, 0) is 62.7 Å². The minimum atomic E-state index is -3.82. The smallest absolute Gasteiger partial charge is 0.350 e. The van der Waals surface area contributed by atoms with Crippen LogP contribution < -0.4 is 10.0 Å². The van der Waals surface area contributed by atoms with Gasteiger partial charge in [-0.25, -0.2) is 18.2 Å². The molecule has 35 heavy (non-hydrogen) atoms. The summed E-state index contributed by atoms with van der Waals surface area (Å²) in [7, 11) is -3.82. The van der Waals surface area contributed by atoms with Gasteiger partial charge in [0.1, 0.15) is 9.71 Å². The average molecular weight is 510 g/mol. The maximum atomic E-state index is 13.2. The number of carbonyl (C=O) groups excluding carboxylic acids is 2. The van der Waals surface area contributed by atoms with E-state index in [1.165, 1.54) is 18.2 Å². The number of fused-ring (bicyclic) bond motifs is 1. The molecule has 1 amide bonds. The lowest BCUT2D eigenvalue weighted by atomic mass is 10.1. The third kappa shape index (κ3) is 5.18. The second kappa shape index (κ2) is 9.85. The highest BCUT2D eigenvalue weighted by Crippen LogP contribution is 2.38. The number of carbonyl (C=O) groups is 2. The molecule has 2 aromatic carbocycles. The van der Waals surface area contributed by atoms with Crippen LogP contribution in [0.2, 0.25) is 0 Å². The molecule has 10 heteroatoms. The van der Waals surface area contributed by atoms with Crippen molar-refractivity contribution in [2.75, 3.05) is 16.6 Å². The van der Waals surface area contributed by atoms with Gasteiger partial charge >= 0.3 is 5.97 Å². The number of sulfonamides is 1. The Kier molecular flexibility index (Phi) is 6.86. The van der Waals surface area contributed by atoms with Gasteiger partial charge in [-0.1, -0.05) is 24.3 Å². The fourth-order valence-corrected chi connectivity index (χ4v) is 5.84. The second-order valence-corrected chi connectivity index (χ2v) is 10.4. The first-order valence-corrected chi connectivity index (χ1v) is 13.1. The Hall–Kier alpha value is -3.76. The maximum absolute atomic E-state index is 13.2. The Labute approximate surface area is 207 Å². The minimum Gasteiger partial charge on any atom is -0.462 e. The van der Waals surface area contributed by atoms with E-state index in [9.17, 15) is 18.0 Å². The third-order valence-corrected chi connectivity index (χ3v) is 7.58. The van der Waals surface area contributed by atoms with Crippen LogP contribution >= 0.6 is 11.3 Å². The summed E-state index contributed by atoms with van der Waals surface area (Å²) in [5.41, 5.74) is 2.43. The monoisotopic (exact) mass is 509 g/mol. The first-order valence-electron chi connectivity index (χ1n) is 10.8. The van der Waals surface area contributed by atoms with Gasteiger partial charge in [-0.15, -0.1) is 11.3 Å². The van der Waals surface area contributed by atoms with Crippen molar-refractivity contribution in [3.63, 3.8) is 0 Å². The summed E-state index contributed by atoms with van der Waals surface area (Å²) in [5, 5.41) is 3.49. The van der Waals surface area contributed by atoms with Crippen molar-refractivity contribution in [2.45, 2.75) is 25.7 Å². The summed E-state index contributed by atoms with van der Waals surface area (Å²) in [6.45, 7) is 5.64. The number of thiophene rings is 1. The fraction of sp³-hybridized carbons (Fsp3) is 0.160. The van der Waals surface area contributed by atoms with Gasteiger partial charge in [0.2, 0.25) is 0 Å². The molecule has 4 rings (SSSR count). The Bertz CT molecular complexity index is 1530. The Balaban J connectivity index is 1.67. The summed E-state index contributed by atoms with van der Waals surface area (Å²) < 4.78 is 33.0. The van der Waals surface area contributed by atoms with Crippen molar-refractivity contribution in [1.82, 2.24) is 4.98 Å². The van der Waals surface area contributed by atoms with E-state index in [1.54, 1.807) is 43.3 Å². The van der Waals surface area contributed by atoms with E-state index in [-0.39, 0.29) is 27.6 Å². The van der Waals surface area contributed by atoms with Gasteiger partial charge in [0, 0.05) is 22.3 Å². The van der Waals surface area contributed by atoms with Gasteiger partial charge in [0.15, 0.2) is 0 Å². The lowest BCUT2D eigenvalue weighted by molar-refractivity contribution is 0.0533. The Morgan fingerprint density at radius 3 is 2.49 bits per heavy atom. The van der Waals surface area contributed by atoms with Gasteiger partial charge in [-0.3, -0.25) is 9.52 Å². The molecule has 0 spiro atoms. The van der Waals surface area contributed by atoms with Crippen molar-refractivity contribution < 1.29 is 22.7 Å². The van der Waals surface area contributed by atoms with E-state index in [2.05, 4.69) is 15.0 Å². The van der Waals surface area contributed by atoms with Crippen LogP contribution in [0.4, 0.5) is 11.4 Å². The molecule has 0 saturated carbocycles. The molecule has 0 fully saturated rings. The number of rotatable bonds is 7. The molecule has 0 aliphatic heterocycles. The van der Waals surface area contributed by atoms with E-state index >= 15 is 0 Å². The average Bonchev–Trinajstić information content (AvgIpc) is 3.18. The van der Waals surface area contributed by atoms with Crippen LogP contribution in [-0.4, -0.2) is 31.9 Å². The molecule has 2 N–H and O–H groups in total. The van der Waals surface area contributed by atoms with Gasteiger partial charge in [0.25, 0.3) is 15.9 Å².